The van der Waals surface area contributed by atoms with Crippen LogP contribution >= 0.6 is 11.6 Å². The lowest BCUT2D eigenvalue weighted by Gasteiger charge is -2.07. The highest BCUT2D eigenvalue weighted by atomic mass is 35.5. The van der Waals surface area contributed by atoms with Crippen LogP contribution in [0.15, 0.2) is 79.0 Å². The summed E-state index contributed by atoms with van der Waals surface area (Å²) in [5, 5.41) is 12.9. The van der Waals surface area contributed by atoms with Gasteiger partial charge in [0, 0.05) is 23.0 Å². The van der Waals surface area contributed by atoms with Crippen molar-refractivity contribution < 1.29 is 4.79 Å². The van der Waals surface area contributed by atoms with Crippen molar-refractivity contribution in [1.29, 1.82) is 0 Å². The fourth-order valence-corrected chi connectivity index (χ4v) is 3.06. The van der Waals surface area contributed by atoms with Crippen LogP contribution < -0.4 is 10.6 Å². The van der Waals surface area contributed by atoms with Gasteiger partial charge in [-0.1, -0.05) is 54.1 Å². The molecule has 0 spiro atoms. The number of rotatable bonds is 4. The number of aromatic nitrogens is 2. The average molecular weight is 377 g/mol. The molecule has 0 aliphatic carbocycles. The molecule has 0 radical (unpaired) electrons. The highest BCUT2D eigenvalue weighted by Crippen LogP contribution is 2.19. The van der Waals surface area contributed by atoms with Crippen LogP contribution in [-0.4, -0.2) is 15.8 Å². The van der Waals surface area contributed by atoms with Gasteiger partial charge < -0.3 is 5.32 Å². The van der Waals surface area contributed by atoms with Crippen LogP contribution in [0.4, 0.5) is 16.3 Å². The zero-order chi connectivity index (χ0) is 18.6. The maximum atomic E-state index is 12.1. The molecular weight excluding hydrogens is 360 g/mol. The SMILES string of the molecule is O=C(Nc1ccc(Cl)cc1)Nc1ccn(Cc2cccc3ccccc23)n1. The van der Waals surface area contributed by atoms with E-state index < -0.39 is 0 Å². The summed E-state index contributed by atoms with van der Waals surface area (Å²) in [5.74, 6) is 0.488. The minimum absolute atomic E-state index is 0.354. The summed E-state index contributed by atoms with van der Waals surface area (Å²) in [5.41, 5.74) is 1.83. The number of nitrogens with zero attached hydrogens (tertiary/aromatic N) is 2. The molecule has 4 aromatic rings. The topological polar surface area (TPSA) is 59.0 Å². The summed E-state index contributed by atoms with van der Waals surface area (Å²) in [4.78, 5) is 12.1. The van der Waals surface area contributed by atoms with Gasteiger partial charge in [-0.15, -0.1) is 0 Å². The Balaban J connectivity index is 1.44. The van der Waals surface area contributed by atoms with Gasteiger partial charge in [0.05, 0.1) is 6.54 Å². The van der Waals surface area contributed by atoms with Crippen LogP contribution in [0, 0.1) is 0 Å². The van der Waals surface area contributed by atoms with Gasteiger partial charge in [-0.05, 0) is 40.6 Å². The van der Waals surface area contributed by atoms with E-state index in [9.17, 15) is 4.79 Å². The molecule has 0 unspecified atom stereocenters. The summed E-state index contributed by atoms with van der Waals surface area (Å²) in [7, 11) is 0. The van der Waals surface area contributed by atoms with Crippen LogP contribution in [0.2, 0.25) is 5.02 Å². The van der Waals surface area contributed by atoms with E-state index in [2.05, 4.69) is 40.0 Å². The summed E-state index contributed by atoms with van der Waals surface area (Å²) in [6.45, 7) is 0.627. The summed E-state index contributed by atoms with van der Waals surface area (Å²) in [6.07, 6.45) is 1.85. The first-order chi connectivity index (χ1) is 13.2. The van der Waals surface area contributed by atoms with Crippen LogP contribution in [0.5, 0.6) is 0 Å². The number of fused-ring (bicyclic) bond motifs is 1. The van der Waals surface area contributed by atoms with E-state index in [1.165, 1.54) is 16.3 Å². The lowest BCUT2D eigenvalue weighted by Crippen LogP contribution is -2.19. The minimum Gasteiger partial charge on any atom is -0.308 e. The number of carbonyl (C=O) groups is 1. The number of benzene rings is 3. The van der Waals surface area contributed by atoms with E-state index in [0.29, 0.717) is 23.1 Å². The monoisotopic (exact) mass is 376 g/mol. The molecule has 134 valence electrons. The quantitative estimate of drug-likeness (QED) is 0.502. The van der Waals surface area contributed by atoms with E-state index >= 15 is 0 Å². The van der Waals surface area contributed by atoms with E-state index in [1.807, 2.05) is 24.4 Å². The number of urea groups is 1. The van der Waals surface area contributed by atoms with Gasteiger partial charge in [-0.2, -0.15) is 5.10 Å². The Morgan fingerprint density at radius 2 is 1.70 bits per heavy atom. The Morgan fingerprint density at radius 3 is 2.56 bits per heavy atom. The molecular formula is C21H17ClN4O. The molecule has 0 atom stereocenters. The highest BCUT2D eigenvalue weighted by molar-refractivity contribution is 6.30. The van der Waals surface area contributed by atoms with Crippen molar-refractivity contribution in [2.75, 3.05) is 10.6 Å². The van der Waals surface area contributed by atoms with E-state index in [1.54, 1.807) is 35.0 Å². The van der Waals surface area contributed by atoms with E-state index in [4.69, 9.17) is 11.6 Å². The number of hydrogen-bond donors (Lipinski definition) is 2. The van der Waals surface area contributed by atoms with Crippen molar-refractivity contribution in [3.8, 4) is 0 Å². The molecule has 2 N–H and O–H groups in total. The molecule has 0 saturated heterocycles. The fourth-order valence-electron chi connectivity index (χ4n) is 2.93. The molecule has 0 aliphatic heterocycles. The zero-order valence-corrected chi connectivity index (χ0v) is 15.1. The number of hydrogen-bond acceptors (Lipinski definition) is 2. The molecule has 3 aromatic carbocycles. The van der Waals surface area contributed by atoms with Crippen molar-refractivity contribution in [2.24, 2.45) is 0 Å². The van der Waals surface area contributed by atoms with E-state index in [-0.39, 0.29) is 6.03 Å². The lowest BCUT2D eigenvalue weighted by atomic mass is 10.0. The molecule has 2 amide bonds. The Kier molecular flexibility index (Phi) is 4.77. The van der Waals surface area contributed by atoms with Crippen molar-refractivity contribution in [2.45, 2.75) is 6.54 Å². The van der Waals surface area contributed by atoms with Gasteiger partial charge >= 0.3 is 6.03 Å². The maximum Gasteiger partial charge on any atom is 0.324 e. The molecule has 27 heavy (non-hydrogen) atoms. The lowest BCUT2D eigenvalue weighted by molar-refractivity contribution is 0.262. The van der Waals surface area contributed by atoms with E-state index in [0.717, 1.165) is 0 Å². The number of amides is 2. The number of anilines is 2. The molecule has 5 nitrogen and oxygen atoms in total. The number of carbonyl (C=O) groups excluding carboxylic acids is 1. The third-order valence-corrected chi connectivity index (χ3v) is 4.45. The van der Waals surface area contributed by atoms with Crippen LogP contribution in [0.25, 0.3) is 10.8 Å². The van der Waals surface area contributed by atoms with Crippen LogP contribution in [0.3, 0.4) is 0 Å². The largest absolute Gasteiger partial charge is 0.324 e. The van der Waals surface area contributed by atoms with Gasteiger partial charge in [0.15, 0.2) is 5.82 Å². The Labute approximate surface area is 161 Å². The van der Waals surface area contributed by atoms with Gasteiger partial charge in [0.1, 0.15) is 0 Å². The highest BCUT2D eigenvalue weighted by Gasteiger charge is 2.07. The fraction of sp³-hybridized carbons (Fsp3) is 0.0476. The normalized spacial score (nSPS) is 10.7. The van der Waals surface area contributed by atoms with Crippen LogP contribution in [0.1, 0.15) is 5.56 Å². The van der Waals surface area contributed by atoms with Crippen molar-refractivity contribution >= 4 is 39.9 Å². The first-order valence-corrected chi connectivity index (χ1v) is 8.89. The molecule has 0 saturated carbocycles. The zero-order valence-electron chi connectivity index (χ0n) is 14.4. The van der Waals surface area contributed by atoms with Crippen molar-refractivity contribution in [1.82, 2.24) is 9.78 Å². The first kappa shape index (κ1) is 17.1. The predicted octanol–water partition coefficient (Wildman–Crippen LogP) is 5.38. The molecule has 0 bridgehead atoms. The third kappa shape index (κ3) is 4.10. The molecule has 0 fully saturated rings. The van der Waals surface area contributed by atoms with Gasteiger partial charge in [0.2, 0.25) is 0 Å². The third-order valence-electron chi connectivity index (χ3n) is 4.20. The Bertz CT molecular complexity index is 1080. The first-order valence-electron chi connectivity index (χ1n) is 8.51. The summed E-state index contributed by atoms with van der Waals surface area (Å²) in [6, 6.07) is 22.8. The number of nitrogens with one attached hydrogen (secondary N) is 2. The van der Waals surface area contributed by atoms with Gasteiger partial charge in [0.25, 0.3) is 0 Å². The smallest absolute Gasteiger partial charge is 0.308 e. The molecule has 1 aromatic heterocycles. The summed E-state index contributed by atoms with van der Waals surface area (Å²) >= 11 is 5.84. The van der Waals surface area contributed by atoms with Crippen molar-refractivity contribution in [3.05, 3.63) is 89.6 Å². The minimum atomic E-state index is -0.354. The second-order valence-corrected chi connectivity index (χ2v) is 6.56. The number of halogens is 1. The molecule has 4 rings (SSSR count). The predicted molar refractivity (Wildman–Crippen MR) is 109 cm³/mol. The Morgan fingerprint density at radius 1 is 0.926 bits per heavy atom. The summed E-state index contributed by atoms with van der Waals surface area (Å²) < 4.78 is 1.81. The second-order valence-electron chi connectivity index (χ2n) is 6.12. The second kappa shape index (κ2) is 7.51. The van der Waals surface area contributed by atoms with Gasteiger partial charge in [-0.3, -0.25) is 10.00 Å². The van der Waals surface area contributed by atoms with Crippen molar-refractivity contribution in [3.63, 3.8) is 0 Å². The van der Waals surface area contributed by atoms with Crippen LogP contribution in [-0.2, 0) is 6.54 Å². The molecule has 6 heteroatoms. The van der Waals surface area contributed by atoms with Gasteiger partial charge in [-0.25, -0.2) is 4.79 Å². The molecule has 1 heterocycles. The average Bonchev–Trinajstić information content (AvgIpc) is 3.10. The Hall–Kier alpha value is -3.31. The molecule has 0 aliphatic rings. The standard InChI is InChI=1S/C21H17ClN4O/c22-17-8-10-18(11-9-17)23-21(27)24-20-12-13-26(25-20)14-16-6-3-5-15-4-1-2-7-19(15)16/h1-13H,14H2,(H2,23,24,25,27). The maximum absolute atomic E-state index is 12.1.